The van der Waals surface area contributed by atoms with Crippen molar-refractivity contribution in [1.82, 2.24) is 10.2 Å². The van der Waals surface area contributed by atoms with Gasteiger partial charge >= 0.3 is 0 Å². The maximum atomic E-state index is 5.35. The molecular weight excluding hydrogens is 377 g/mol. The molecule has 2 heterocycles. The smallest absolute Gasteiger partial charge is 0.194 e. The zero-order valence-corrected chi connectivity index (χ0v) is 15.7. The Morgan fingerprint density at radius 1 is 1.43 bits per heavy atom. The van der Waals surface area contributed by atoms with E-state index in [1.165, 1.54) is 12.8 Å². The van der Waals surface area contributed by atoms with Crippen LogP contribution in [-0.4, -0.2) is 36.5 Å². The van der Waals surface area contributed by atoms with Crippen molar-refractivity contribution in [3.8, 4) is 0 Å². The van der Waals surface area contributed by atoms with E-state index < -0.39 is 0 Å². The molecule has 0 atom stereocenters. The van der Waals surface area contributed by atoms with Gasteiger partial charge in [-0.3, -0.25) is 4.99 Å². The van der Waals surface area contributed by atoms with Gasteiger partial charge in [0.2, 0.25) is 0 Å². The molecule has 2 rings (SSSR count). The molecule has 0 unspecified atom stereocenters. The highest BCUT2D eigenvalue weighted by Crippen LogP contribution is 2.16. The summed E-state index contributed by atoms with van der Waals surface area (Å²) in [4.78, 5) is 7.15. The second kappa shape index (κ2) is 9.33. The van der Waals surface area contributed by atoms with Gasteiger partial charge in [0.1, 0.15) is 5.76 Å². The number of halogens is 1. The summed E-state index contributed by atoms with van der Waals surface area (Å²) in [7, 11) is 0. The summed E-state index contributed by atoms with van der Waals surface area (Å²) in [6, 6.07) is 4.35. The molecule has 0 spiro atoms. The highest BCUT2D eigenvalue weighted by molar-refractivity contribution is 14.0. The lowest BCUT2D eigenvalue weighted by Crippen LogP contribution is -2.47. The molecule has 1 aromatic rings. The number of nitrogens with zero attached hydrogens (tertiary/aromatic N) is 2. The first kappa shape index (κ1) is 18.3. The van der Waals surface area contributed by atoms with E-state index in [1.54, 1.807) is 6.26 Å². The van der Waals surface area contributed by atoms with E-state index in [0.29, 0.717) is 6.04 Å². The fraction of sp³-hybridized carbons (Fsp3) is 0.688. The molecule has 1 saturated heterocycles. The molecule has 0 radical (unpaired) electrons. The van der Waals surface area contributed by atoms with E-state index in [9.17, 15) is 0 Å². The number of furan rings is 1. The van der Waals surface area contributed by atoms with Crippen LogP contribution in [0.3, 0.4) is 0 Å². The van der Waals surface area contributed by atoms with Crippen LogP contribution in [0.15, 0.2) is 27.8 Å². The lowest BCUT2D eigenvalue weighted by molar-refractivity contribution is 0.271. The molecular formula is C16H28IN3O. The molecule has 0 amide bonds. The fourth-order valence-corrected chi connectivity index (χ4v) is 2.44. The van der Waals surface area contributed by atoms with Gasteiger partial charge in [-0.25, -0.2) is 0 Å². The second-order valence-corrected chi connectivity index (χ2v) is 6.00. The molecule has 0 bridgehead atoms. The summed E-state index contributed by atoms with van der Waals surface area (Å²) >= 11 is 0. The van der Waals surface area contributed by atoms with Crippen molar-refractivity contribution in [1.29, 1.82) is 0 Å². The topological polar surface area (TPSA) is 40.8 Å². The fourth-order valence-electron chi connectivity index (χ4n) is 2.44. The Balaban J connectivity index is 0.00000220. The first-order valence-electron chi connectivity index (χ1n) is 7.73. The van der Waals surface area contributed by atoms with Crippen molar-refractivity contribution >= 4 is 29.9 Å². The predicted molar refractivity (Wildman–Crippen MR) is 98.4 cm³/mol. The third kappa shape index (κ3) is 6.28. The highest BCUT2D eigenvalue weighted by atomic mass is 127. The van der Waals surface area contributed by atoms with Crippen LogP contribution in [0.25, 0.3) is 0 Å². The molecule has 0 aliphatic carbocycles. The van der Waals surface area contributed by atoms with Crippen LogP contribution in [-0.2, 0) is 6.42 Å². The number of likely N-dealkylation sites (tertiary alicyclic amines) is 1. The van der Waals surface area contributed by atoms with Crippen LogP contribution in [0.2, 0.25) is 0 Å². The lowest BCUT2D eigenvalue weighted by Gasteiger charge is -2.33. The van der Waals surface area contributed by atoms with E-state index in [-0.39, 0.29) is 24.0 Å². The van der Waals surface area contributed by atoms with E-state index in [4.69, 9.17) is 9.41 Å². The molecule has 5 heteroatoms. The van der Waals surface area contributed by atoms with Crippen LogP contribution >= 0.6 is 24.0 Å². The molecule has 1 N–H and O–H groups in total. The molecule has 1 aliphatic rings. The summed E-state index contributed by atoms with van der Waals surface area (Å²) in [6.45, 7) is 9.65. The van der Waals surface area contributed by atoms with Crippen LogP contribution in [0.1, 0.15) is 39.4 Å². The van der Waals surface area contributed by atoms with Gasteiger partial charge in [-0.05, 0) is 44.7 Å². The van der Waals surface area contributed by atoms with Gasteiger partial charge in [-0.1, -0.05) is 6.92 Å². The molecule has 1 aromatic heterocycles. The Morgan fingerprint density at radius 2 is 2.14 bits per heavy atom. The van der Waals surface area contributed by atoms with Crippen LogP contribution in [0, 0.1) is 5.92 Å². The molecule has 1 aliphatic heterocycles. The Labute approximate surface area is 145 Å². The summed E-state index contributed by atoms with van der Waals surface area (Å²) in [5.41, 5.74) is 0. The van der Waals surface area contributed by atoms with E-state index >= 15 is 0 Å². The van der Waals surface area contributed by atoms with Gasteiger partial charge in [-0.15, -0.1) is 24.0 Å². The maximum Gasteiger partial charge on any atom is 0.194 e. The normalized spacial score (nSPS) is 17.0. The predicted octanol–water partition coefficient (Wildman–Crippen LogP) is 3.53. The SMILES string of the molecule is CC1CCN(C(=NCCc2ccco2)NC(C)C)CC1.I. The van der Waals surface area contributed by atoms with Crippen molar-refractivity contribution in [3.63, 3.8) is 0 Å². The zero-order chi connectivity index (χ0) is 14.4. The summed E-state index contributed by atoms with van der Waals surface area (Å²) in [5, 5.41) is 3.49. The lowest BCUT2D eigenvalue weighted by atomic mass is 9.99. The van der Waals surface area contributed by atoms with Crippen molar-refractivity contribution in [2.24, 2.45) is 10.9 Å². The van der Waals surface area contributed by atoms with Gasteiger partial charge in [0.05, 0.1) is 6.26 Å². The molecule has 1 fully saturated rings. The molecule has 21 heavy (non-hydrogen) atoms. The van der Waals surface area contributed by atoms with Gasteiger partial charge < -0.3 is 14.6 Å². The summed E-state index contributed by atoms with van der Waals surface area (Å²) in [5.74, 6) is 2.90. The molecule has 0 saturated carbocycles. The average molecular weight is 405 g/mol. The van der Waals surface area contributed by atoms with Crippen molar-refractivity contribution in [2.75, 3.05) is 19.6 Å². The van der Waals surface area contributed by atoms with E-state index in [1.807, 2.05) is 12.1 Å². The van der Waals surface area contributed by atoms with Crippen molar-refractivity contribution < 1.29 is 4.42 Å². The van der Waals surface area contributed by atoms with Gasteiger partial charge in [0, 0.05) is 32.1 Å². The van der Waals surface area contributed by atoms with Gasteiger partial charge in [0.25, 0.3) is 0 Å². The molecule has 0 aromatic carbocycles. The summed E-state index contributed by atoms with van der Waals surface area (Å²) in [6.07, 6.45) is 5.10. The number of hydrogen-bond acceptors (Lipinski definition) is 2. The monoisotopic (exact) mass is 405 g/mol. The Bertz CT molecular complexity index is 409. The van der Waals surface area contributed by atoms with Gasteiger partial charge in [-0.2, -0.15) is 0 Å². The first-order chi connectivity index (χ1) is 9.65. The number of rotatable bonds is 4. The van der Waals surface area contributed by atoms with Crippen LogP contribution < -0.4 is 5.32 Å². The Morgan fingerprint density at radius 3 is 2.71 bits per heavy atom. The molecule has 4 nitrogen and oxygen atoms in total. The standard InChI is InChI=1S/C16H27N3O.HI/c1-13(2)18-16(19-10-7-14(3)8-11-19)17-9-6-15-5-4-12-20-15;/h4-5,12-14H,6-11H2,1-3H3,(H,17,18);1H. The number of nitrogens with one attached hydrogen (secondary N) is 1. The zero-order valence-electron chi connectivity index (χ0n) is 13.3. The quantitative estimate of drug-likeness (QED) is 0.474. The summed E-state index contributed by atoms with van der Waals surface area (Å²) < 4.78 is 5.35. The second-order valence-electron chi connectivity index (χ2n) is 6.00. The van der Waals surface area contributed by atoms with Crippen molar-refractivity contribution in [3.05, 3.63) is 24.2 Å². The van der Waals surface area contributed by atoms with Crippen LogP contribution in [0.5, 0.6) is 0 Å². The Hall–Kier alpha value is -0.720. The minimum atomic E-state index is 0. The maximum absolute atomic E-state index is 5.35. The average Bonchev–Trinajstić information content (AvgIpc) is 2.91. The minimum Gasteiger partial charge on any atom is -0.469 e. The van der Waals surface area contributed by atoms with Crippen molar-refractivity contribution in [2.45, 2.75) is 46.1 Å². The minimum absolute atomic E-state index is 0. The largest absolute Gasteiger partial charge is 0.469 e. The first-order valence-corrected chi connectivity index (χ1v) is 7.73. The van der Waals surface area contributed by atoms with Gasteiger partial charge in [0.15, 0.2) is 5.96 Å². The van der Waals surface area contributed by atoms with Crippen LogP contribution in [0.4, 0.5) is 0 Å². The number of aliphatic imine (C=N–C) groups is 1. The third-order valence-electron chi connectivity index (χ3n) is 3.70. The number of piperidine rings is 1. The number of hydrogen-bond donors (Lipinski definition) is 1. The van der Waals surface area contributed by atoms with E-state index in [2.05, 4.69) is 31.0 Å². The number of guanidine groups is 1. The van der Waals surface area contributed by atoms with E-state index in [0.717, 1.165) is 43.7 Å². The molecule has 120 valence electrons. The third-order valence-corrected chi connectivity index (χ3v) is 3.70. The highest BCUT2D eigenvalue weighted by Gasteiger charge is 2.19. The Kier molecular flexibility index (Phi) is 8.14.